The predicted octanol–water partition coefficient (Wildman–Crippen LogP) is 3.35. The molecule has 3 aromatic rings. The van der Waals surface area contributed by atoms with E-state index in [-0.39, 0.29) is 11.9 Å². The summed E-state index contributed by atoms with van der Waals surface area (Å²) in [5, 5.41) is 8.51. The molecular formula is C26H31N5O4. The van der Waals surface area contributed by atoms with Crippen molar-refractivity contribution in [2.75, 3.05) is 53.6 Å². The van der Waals surface area contributed by atoms with E-state index in [1.54, 1.807) is 0 Å². The van der Waals surface area contributed by atoms with E-state index in [0.29, 0.717) is 32.3 Å². The van der Waals surface area contributed by atoms with Gasteiger partial charge in [0.25, 0.3) is 0 Å². The lowest BCUT2D eigenvalue weighted by atomic mass is 9.92. The SMILES string of the molecule is CC(c1cccc(C2(c3ccccc3)OCCO2)c1)c1nnc(/N=C(\N(C)C)N2CCOCC2)o1. The molecule has 2 saturated heterocycles. The van der Waals surface area contributed by atoms with Crippen LogP contribution >= 0.6 is 0 Å². The molecule has 2 aliphatic heterocycles. The molecule has 3 heterocycles. The lowest BCUT2D eigenvalue weighted by molar-refractivity contribution is -0.129. The summed E-state index contributed by atoms with van der Waals surface area (Å²) in [6, 6.07) is 18.5. The minimum Gasteiger partial charge on any atom is -0.406 e. The summed E-state index contributed by atoms with van der Waals surface area (Å²) in [4.78, 5) is 8.75. The van der Waals surface area contributed by atoms with Gasteiger partial charge in [-0.25, -0.2) is 0 Å². The van der Waals surface area contributed by atoms with Crippen molar-refractivity contribution in [3.05, 3.63) is 77.2 Å². The Morgan fingerprint density at radius 2 is 1.66 bits per heavy atom. The molecule has 0 saturated carbocycles. The van der Waals surface area contributed by atoms with Crippen molar-refractivity contribution in [1.29, 1.82) is 0 Å². The van der Waals surface area contributed by atoms with Gasteiger partial charge in [-0.15, -0.1) is 5.10 Å². The van der Waals surface area contributed by atoms with E-state index in [1.807, 2.05) is 74.4 Å². The zero-order chi connectivity index (χ0) is 24.3. The first-order valence-corrected chi connectivity index (χ1v) is 11.9. The molecule has 9 nitrogen and oxygen atoms in total. The topological polar surface area (TPSA) is 85.5 Å². The van der Waals surface area contributed by atoms with Gasteiger partial charge in [0.05, 0.1) is 32.3 Å². The maximum atomic E-state index is 6.17. The van der Waals surface area contributed by atoms with Crippen LogP contribution in [-0.4, -0.2) is 79.6 Å². The van der Waals surface area contributed by atoms with Crippen LogP contribution in [0.2, 0.25) is 0 Å². The van der Waals surface area contributed by atoms with Crippen molar-refractivity contribution in [2.45, 2.75) is 18.6 Å². The Morgan fingerprint density at radius 3 is 2.37 bits per heavy atom. The van der Waals surface area contributed by atoms with Crippen molar-refractivity contribution >= 4 is 12.0 Å². The molecule has 0 bridgehead atoms. The number of rotatable bonds is 5. The van der Waals surface area contributed by atoms with E-state index in [0.717, 1.165) is 35.7 Å². The second kappa shape index (κ2) is 10.2. The molecule has 5 rings (SSSR count). The molecule has 0 amide bonds. The zero-order valence-corrected chi connectivity index (χ0v) is 20.4. The van der Waals surface area contributed by atoms with Crippen LogP contribution in [0.15, 0.2) is 64.0 Å². The van der Waals surface area contributed by atoms with E-state index in [2.05, 4.69) is 26.2 Å². The van der Waals surface area contributed by atoms with Crippen LogP contribution in [0.5, 0.6) is 0 Å². The second-order valence-electron chi connectivity index (χ2n) is 8.86. The molecule has 1 aromatic heterocycles. The van der Waals surface area contributed by atoms with Crippen LogP contribution < -0.4 is 0 Å². The Bertz CT molecular complexity index is 1150. The Morgan fingerprint density at radius 1 is 0.943 bits per heavy atom. The maximum absolute atomic E-state index is 6.17. The summed E-state index contributed by atoms with van der Waals surface area (Å²) < 4.78 is 23.8. The minimum atomic E-state index is -0.917. The summed E-state index contributed by atoms with van der Waals surface area (Å²) in [5.74, 6) is 0.230. The fraction of sp³-hybridized carbons (Fsp3) is 0.423. The van der Waals surface area contributed by atoms with E-state index in [1.165, 1.54) is 0 Å². The van der Waals surface area contributed by atoms with Crippen molar-refractivity contribution in [3.63, 3.8) is 0 Å². The molecule has 2 fully saturated rings. The van der Waals surface area contributed by atoms with Gasteiger partial charge in [0.2, 0.25) is 17.6 Å². The molecule has 1 atom stereocenters. The van der Waals surface area contributed by atoms with Gasteiger partial charge in [-0.3, -0.25) is 0 Å². The van der Waals surface area contributed by atoms with Crippen molar-refractivity contribution in [1.82, 2.24) is 20.0 Å². The van der Waals surface area contributed by atoms with E-state index in [4.69, 9.17) is 18.6 Å². The molecule has 2 aromatic carbocycles. The van der Waals surface area contributed by atoms with Crippen LogP contribution in [0.3, 0.4) is 0 Å². The highest BCUT2D eigenvalue weighted by atomic mass is 16.7. The number of aromatic nitrogens is 2. The molecule has 1 unspecified atom stereocenters. The van der Waals surface area contributed by atoms with Crippen molar-refractivity contribution in [3.8, 4) is 0 Å². The number of nitrogens with zero attached hydrogens (tertiary/aromatic N) is 5. The number of aliphatic imine (C=N–C) groups is 1. The normalized spacial score (nSPS) is 19.1. The molecule has 184 valence electrons. The Balaban J connectivity index is 1.41. The van der Waals surface area contributed by atoms with Gasteiger partial charge in [0, 0.05) is 38.3 Å². The second-order valence-corrected chi connectivity index (χ2v) is 8.86. The van der Waals surface area contributed by atoms with Gasteiger partial charge >= 0.3 is 6.01 Å². The monoisotopic (exact) mass is 477 g/mol. The van der Waals surface area contributed by atoms with Crippen LogP contribution in [0, 0.1) is 0 Å². The Hall–Kier alpha value is -3.27. The number of guanidine groups is 1. The largest absolute Gasteiger partial charge is 0.406 e. The molecule has 0 spiro atoms. The Kier molecular flexibility index (Phi) is 6.81. The van der Waals surface area contributed by atoms with Crippen molar-refractivity contribution < 1.29 is 18.6 Å². The number of benzene rings is 2. The van der Waals surface area contributed by atoms with Crippen molar-refractivity contribution in [2.24, 2.45) is 4.99 Å². The average molecular weight is 478 g/mol. The highest BCUT2D eigenvalue weighted by Gasteiger charge is 2.40. The van der Waals surface area contributed by atoms with E-state index >= 15 is 0 Å². The van der Waals surface area contributed by atoms with Gasteiger partial charge in [-0.2, -0.15) is 4.99 Å². The third-order valence-electron chi connectivity index (χ3n) is 6.30. The van der Waals surface area contributed by atoms with Gasteiger partial charge in [0.15, 0.2) is 0 Å². The average Bonchev–Trinajstić information content (AvgIpc) is 3.59. The quantitative estimate of drug-likeness (QED) is 0.409. The lowest BCUT2D eigenvalue weighted by Gasteiger charge is -2.32. The van der Waals surface area contributed by atoms with Crippen LogP contribution in [0.1, 0.15) is 35.4 Å². The fourth-order valence-electron chi connectivity index (χ4n) is 4.47. The molecule has 0 aliphatic carbocycles. The standard InChI is InChI=1S/C26H31N5O4/c1-19(23-28-29-24(35-23)27-25(30(2)3)31-12-14-32-15-13-31)20-8-7-11-22(18-20)26(33-16-17-34-26)21-9-5-4-6-10-21/h4-11,18-19H,12-17H2,1-3H3/b27-25+. The number of ether oxygens (including phenoxy) is 3. The number of hydrogen-bond donors (Lipinski definition) is 0. The lowest BCUT2D eigenvalue weighted by Crippen LogP contribution is -2.46. The van der Waals surface area contributed by atoms with Gasteiger partial charge in [-0.1, -0.05) is 53.6 Å². The van der Waals surface area contributed by atoms with Gasteiger partial charge in [-0.05, 0) is 18.6 Å². The first kappa shape index (κ1) is 23.5. The summed E-state index contributed by atoms with van der Waals surface area (Å²) in [5.41, 5.74) is 2.93. The first-order valence-electron chi connectivity index (χ1n) is 11.9. The van der Waals surface area contributed by atoms with E-state index < -0.39 is 5.79 Å². The third-order valence-corrected chi connectivity index (χ3v) is 6.30. The summed E-state index contributed by atoms with van der Waals surface area (Å²) in [6.07, 6.45) is 0. The van der Waals surface area contributed by atoms with Gasteiger partial charge in [0.1, 0.15) is 0 Å². The molecule has 0 radical (unpaired) electrons. The predicted molar refractivity (Wildman–Crippen MR) is 131 cm³/mol. The van der Waals surface area contributed by atoms with Crippen LogP contribution in [-0.2, 0) is 20.0 Å². The smallest absolute Gasteiger partial charge is 0.345 e. The summed E-state index contributed by atoms with van der Waals surface area (Å²) in [7, 11) is 3.91. The van der Waals surface area contributed by atoms with E-state index in [9.17, 15) is 0 Å². The summed E-state index contributed by atoms with van der Waals surface area (Å²) >= 11 is 0. The van der Waals surface area contributed by atoms with Crippen LogP contribution in [0.4, 0.5) is 6.01 Å². The minimum absolute atomic E-state index is 0.133. The molecule has 35 heavy (non-hydrogen) atoms. The molecule has 9 heteroatoms. The molecular weight excluding hydrogens is 446 g/mol. The zero-order valence-electron chi connectivity index (χ0n) is 20.4. The Labute approximate surface area is 205 Å². The number of hydrogen-bond acceptors (Lipinski definition) is 7. The summed E-state index contributed by atoms with van der Waals surface area (Å²) in [6.45, 7) is 6.01. The highest BCUT2D eigenvalue weighted by Crippen LogP contribution is 2.39. The fourth-order valence-corrected chi connectivity index (χ4v) is 4.47. The number of morpholine rings is 1. The molecule has 0 N–H and O–H groups in total. The highest BCUT2D eigenvalue weighted by molar-refractivity contribution is 5.81. The van der Waals surface area contributed by atoms with Gasteiger partial charge < -0.3 is 28.4 Å². The van der Waals surface area contributed by atoms with Crippen LogP contribution in [0.25, 0.3) is 0 Å². The maximum Gasteiger partial charge on any atom is 0.345 e. The molecule has 2 aliphatic rings. The third kappa shape index (κ3) is 4.80. The first-order chi connectivity index (χ1) is 17.1.